The third kappa shape index (κ3) is 5.16. The Bertz CT molecular complexity index is 954. The fraction of sp³-hybridized carbons (Fsp3) is 0.409. The van der Waals surface area contributed by atoms with Crippen molar-refractivity contribution < 1.29 is 23.9 Å². The molecule has 164 valence electrons. The Labute approximate surface area is 184 Å². The molecule has 2 aromatic rings. The van der Waals surface area contributed by atoms with E-state index in [9.17, 15) is 14.4 Å². The van der Waals surface area contributed by atoms with E-state index in [-0.39, 0.29) is 42.9 Å². The van der Waals surface area contributed by atoms with Crippen molar-refractivity contribution in [1.29, 1.82) is 0 Å². The summed E-state index contributed by atoms with van der Waals surface area (Å²) < 4.78 is 10.6. The summed E-state index contributed by atoms with van der Waals surface area (Å²) in [5.74, 6) is 0.910. The van der Waals surface area contributed by atoms with Crippen molar-refractivity contribution in [1.82, 2.24) is 10.2 Å². The molecule has 1 aromatic heterocycles. The number of piperidine rings is 1. The fourth-order valence-corrected chi connectivity index (χ4v) is 4.65. The zero-order valence-electron chi connectivity index (χ0n) is 17.3. The first-order valence-corrected chi connectivity index (χ1v) is 11.2. The van der Waals surface area contributed by atoms with Gasteiger partial charge < -0.3 is 25.0 Å². The summed E-state index contributed by atoms with van der Waals surface area (Å²) in [5, 5.41) is 7.73. The maximum Gasteiger partial charge on any atom is 0.231 e. The predicted octanol–water partition coefficient (Wildman–Crippen LogP) is 2.92. The second kappa shape index (κ2) is 9.38. The molecule has 8 nitrogen and oxygen atoms in total. The van der Waals surface area contributed by atoms with E-state index in [2.05, 4.69) is 10.6 Å². The monoisotopic (exact) mass is 443 g/mol. The maximum absolute atomic E-state index is 12.8. The van der Waals surface area contributed by atoms with Gasteiger partial charge in [-0.25, -0.2) is 0 Å². The zero-order valence-corrected chi connectivity index (χ0v) is 18.1. The minimum absolute atomic E-state index is 0.0122. The number of fused-ring (bicyclic) bond motifs is 1. The quantitative estimate of drug-likeness (QED) is 0.716. The summed E-state index contributed by atoms with van der Waals surface area (Å²) in [6, 6.07) is 8.83. The summed E-state index contributed by atoms with van der Waals surface area (Å²) in [6.45, 7) is 2.69. The molecule has 1 atom stereocenters. The maximum atomic E-state index is 12.8. The van der Waals surface area contributed by atoms with Crippen LogP contribution in [0, 0.1) is 5.92 Å². The van der Waals surface area contributed by atoms with Gasteiger partial charge in [0, 0.05) is 42.6 Å². The lowest BCUT2D eigenvalue weighted by Crippen LogP contribution is -2.42. The number of benzene rings is 1. The molecule has 9 heteroatoms. The molecule has 0 spiro atoms. The topological polar surface area (TPSA) is 97.0 Å². The molecular formula is C22H25N3O5S. The highest BCUT2D eigenvalue weighted by atomic mass is 32.1. The number of amides is 3. The second-order valence-corrected chi connectivity index (χ2v) is 8.66. The molecule has 3 amide bonds. The highest BCUT2D eigenvalue weighted by molar-refractivity contribution is 7.10. The molecule has 31 heavy (non-hydrogen) atoms. The van der Waals surface area contributed by atoms with Crippen molar-refractivity contribution in [2.75, 3.05) is 25.2 Å². The SMILES string of the molecule is CC(=O)NC(CC(=O)N1CCC(C(=O)Nc2ccc3c(c2)OCO3)CC1)c1cccs1. The largest absolute Gasteiger partial charge is 0.454 e. The van der Waals surface area contributed by atoms with Crippen LogP contribution in [0.2, 0.25) is 0 Å². The number of hydrogen-bond acceptors (Lipinski definition) is 6. The molecule has 1 saturated heterocycles. The summed E-state index contributed by atoms with van der Waals surface area (Å²) >= 11 is 1.52. The Morgan fingerprint density at radius 2 is 1.94 bits per heavy atom. The third-order valence-corrected chi connectivity index (χ3v) is 6.49. The lowest BCUT2D eigenvalue weighted by molar-refractivity contribution is -0.135. The summed E-state index contributed by atoms with van der Waals surface area (Å²) in [6.07, 6.45) is 1.42. The van der Waals surface area contributed by atoms with Gasteiger partial charge in [0.15, 0.2) is 11.5 Å². The molecule has 1 unspecified atom stereocenters. The fourth-order valence-electron chi connectivity index (χ4n) is 3.87. The molecule has 0 radical (unpaired) electrons. The van der Waals surface area contributed by atoms with Crippen molar-refractivity contribution in [3.05, 3.63) is 40.6 Å². The van der Waals surface area contributed by atoms with E-state index >= 15 is 0 Å². The number of hydrogen-bond donors (Lipinski definition) is 2. The lowest BCUT2D eigenvalue weighted by atomic mass is 9.95. The van der Waals surface area contributed by atoms with Crippen LogP contribution in [-0.2, 0) is 14.4 Å². The van der Waals surface area contributed by atoms with Gasteiger partial charge in [0.2, 0.25) is 24.5 Å². The van der Waals surface area contributed by atoms with Crippen LogP contribution >= 0.6 is 11.3 Å². The first-order chi connectivity index (χ1) is 15.0. The van der Waals surface area contributed by atoms with E-state index in [1.807, 2.05) is 17.5 Å². The summed E-state index contributed by atoms with van der Waals surface area (Å²) in [7, 11) is 0. The molecule has 0 aliphatic carbocycles. The number of thiophene rings is 1. The number of nitrogens with one attached hydrogen (secondary N) is 2. The Hall–Kier alpha value is -3.07. The van der Waals surface area contributed by atoms with E-state index in [1.165, 1.54) is 18.3 Å². The highest BCUT2D eigenvalue weighted by Crippen LogP contribution is 2.34. The molecule has 0 bridgehead atoms. The lowest BCUT2D eigenvalue weighted by Gasteiger charge is -2.32. The van der Waals surface area contributed by atoms with E-state index < -0.39 is 0 Å². The van der Waals surface area contributed by atoms with Crippen molar-refractivity contribution in [3.8, 4) is 11.5 Å². The smallest absolute Gasteiger partial charge is 0.231 e. The molecule has 2 N–H and O–H groups in total. The molecule has 1 aromatic carbocycles. The molecule has 1 fully saturated rings. The van der Waals surface area contributed by atoms with Crippen molar-refractivity contribution in [3.63, 3.8) is 0 Å². The summed E-state index contributed by atoms with van der Waals surface area (Å²) in [4.78, 5) is 39.8. The third-order valence-electron chi connectivity index (χ3n) is 5.50. The average molecular weight is 444 g/mol. The normalized spacial score (nSPS) is 16.6. The number of carbonyl (C=O) groups is 3. The molecule has 3 heterocycles. The van der Waals surface area contributed by atoms with Crippen LogP contribution in [0.1, 0.15) is 37.1 Å². The van der Waals surface area contributed by atoms with Gasteiger partial charge in [0.05, 0.1) is 12.5 Å². The summed E-state index contributed by atoms with van der Waals surface area (Å²) in [5.41, 5.74) is 0.668. The molecule has 0 saturated carbocycles. The van der Waals surface area contributed by atoms with Crippen molar-refractivity contribution >= 4 is 34.7 Å². The van der Waals surface area contributed by atoms with Crippen LogP contribution in [0.5, 0.6) is 11.5 Å². The number of anilines is 1. The highest BCUT2D eigenvalue weighted by Gasteiger charge is 2.29. The van der Waals surface area contributed by atoms with Crippen molar-refractivity contribution in [2.45, 2.75) is 32.2 Å². The van der Waals surface area contributed by atoms with E-state index in [0.29, 0.717) is 43.1 Å². The Balaban J connectivity index is 1.29. The van der Waals surface area contributed by atoms with Crippen molar-refractivity contribution in [2.24, 2.45) is 5.92 Å². The number of nitrogens with zero attached hydrogens (tertiary/aromatic N) is 1. The Morgan fingerprint density at radius 1 is 1.16 bits per heavy atom. The van der Waals surface area contributed by atoms with Crippen LogP contribution in [0.4, 0.5) is 5.69 Å². The number of rotatable bonds is 6. The zero-order chi connectivity index (χ0) is 21.8. The molecular weight excluding hydrogens is 418 g/mol. The number of carbonyl (C=O) groups excluding carboxylic acids is 3. The average Bonchev–Trinajstić information content (AvgIpc) is 3.44. The van der Waals surface area contributed by atoms with E-state index in [4.69, 9.17) is 9.47 Å². The van der Waals surface area contributed by atoms with Gasteiger partial charge in [-0.2, -0.15) is 0 Å². The first kappa shape index (κ1) is 21.2. The van der Waals surface area contributed by atoms with Gasteiger partial charge in [0.1, 0.15) is 0 Å². The molecule has 2 aliphatic heterocycles. The number of likely N-dealkylation sites (tertiary alicyclic amines) is 1. The van der Waals surface area contributed by atoms with E-state index in [0.717, 1.165) is 4.88 Å². The predicted molar refractivity (Wildman–Crippen MR) is 116 cm³/mol. The van der Waals surface area contributed by atoms with Crippen LogP contribution in [0.25, 0.3) is 0 Å². The van der Waals surface area contributed by atoms with Gasteiger partial charge in [0.25, 0.3) is 0 Å². The van der Waals surface area contributed by atoms with Gasteiger partial charge in [-0.3, -0.25) is 14.4 Å². The van der Waals surface area contributed by atoms with Crippen LogP contribution < -0.4 is 20.1 Å². The standard InChI is InChI=1S/C22H25N3O5S/c1-14(26)23-17(20-3-2-10-31-20)12-21(27)25-8-6-15(7-9-25)22(28)24-16-4-5-18-19(11-16)30-13-29-18/h2-5,10-11,15,17H,6-9,12-13H2,1H3,(H,23,26)(H,24,28). The van der Waals surface area contributed by atoms with Gasteiger partial charge in [-0.05, 0) is 36.4 Å². The second-order valence-electron chi connectivity index (χ2n) is 7.69. The van der Waals surface area contributed by atoms with Gasteiger partial charge >= 0.3 is 0 Å². The Kier molecular flexibility index (Phi) is 6.41. The Morgan fingerprint density at radius 3 is 2.65 bits per heavy atom. The minimum Gasteiger partial charge on any atom is -0.454 e. The van der Waals surface area contributed by atoms with Crippen LogP contribution in [0.3, 0.4) is 0 Å². The van der Waals surface area contributed by atoms with Gasteiger partial charge in [-0.15, -0.1) is 11.3 Å². The number of ether oxygens (including phenoxy) is 2. The van der Waals surface area contributed by atoms with E-state index in [1.54, 1.807) is 23.1 Å². The first-order valence-electron chi connectivity index (χ1n) is 10.3. The van der Waals surface area contributed by atoms with Crippen LogP contribution in [-0.4, -0.2) is 42.5 Å². The molecule has 4 rings (SSSR count). The van der Waals surface area contributed by atoms with Gasteiger partial charge in [-0.1, -0.05) is 6.07 Å². The molecule has 2 aliphatic rings. The minimum atomic E-state index is -0.322. The van der Waals surface area contributed by atoms with Crippen LogP contribution in [0.15, 0.2) is 35.7 Å².